The number of nitrogens with zero attached hydrogens (tertiary/aromatic N) is 3. The first kappa shape index (κ1) is 16.9. The van der Waals surface area contributed by atoms with Crippen LogP contribution >= 0.6 is 0 Å². The zero-order chi connectivity index (χ0) is 17.8. The molecule has 0 saturated carbocycles. The third-order valence-electron chi connectivity index (χ3n) is 4.08. The predicted octanol–water partition coefficient (Wildman–Crippen LogP) is 3.69. The third kappa shape index (κ3) is 3.60. The lowest BCUT2D eigenvalue weighted by atomic mass is 10.1. The standard InChI is InChI=1S/C20H21N3O2/c1-14(2)23(13-15-7-6-10-21-12-15)20(24)18-11-16-8-4-5-9-17(16)19(22-18)25-3/h4-12,14H,13H2,1-3H3. The Morgan fingerprint density at radius 2 is 2.00 bits per heavy atom. The molecular formula is C20H21N3O2. The molecule has 0 aliphatic heterocycles. The first-order valence-corrected chi connectivity index (χ1v) is 8.24. The van der Waals surface area contributed by atoms with E-state index >= 15 is 0 Å². The number of fused-ring (bicyclic) bond motifs is 1. The SMILES string of the molecule is COc1nc(C(=O)N(Cc2cccnc2)C(C)C)cc2ccccc12. The second kappa shape index (κ2) is 7.30. The fourth-order valence-corrected chi connectivity index (χ4v) is 2.76. The minimum Gasteiger partial charge on any atom is -0.481 e. The molecule has 25 heavy (non-hydrogen) atoms. The van der Waals surface area contributed by atoms with Crippen LogP contribution in [0.2, 0.25) is 0 Å². The van der Waals surface area contributed by atoms with E-state index in [1.807, 2.05) is 56.3 Å². The van der Waals surface area contributed by atoms with Gasteiger partial charge in [-0.1, -0.05) is 24.3 Å². The van der Waals surface area contributed by atoms with Crippen molar-refractivity contribution in [3.05, 3.63) is 66.1 Å². The molecule has 0 aliphatic carbocycles. The smallest absolute Gasteiger partial charge is 0.273 e. The summed E-state index contributed by atoms with van der Waals surface area (Å²) in [4.78, 5) is 23.4. The van der Waals surface area contributed by atoms with Crippen LogP contribution in [0.25, 0.3) is 10.8 Å². The molecule has 0 spiro atoms. The molecule has 0 bridgehead atoms. The molecule has 0 atom stereocenters. The van der Waals surface area contributed by atoms with E-state index in [0.29, 0.717) is 18.1 Å². The molecule has 0 fully saturated rings. The molecule has 3 aromatic rings. The van der Waals surface area contributed by atoms with Crippen LogP contribution in [0.5, 0.6) is 5.88 Å². The zero-order valence-electron chi connectivity index (χ0n) is 14.6. The molecule has 2 heterocycles. The first-order chi connectivity index (χ1) is 12.1. The number of hydrogen-bond donors (Lipinski definition) is 0. The number of ether oxygens (including phenoxy) is 1. The number of hydrogen-bond acceptors (Lipinski definition) is 4. The summed E-state index contributed by atoms with van der Waals surface area (Å²) in [5.74, 6) is 0.342. The maximum Gasteiger partial charge on any atom is 0.273 e. The zero-order valence-corrected chi connectivity index (χ0v) is 14.6. The number of amides is 1. The monoisotopic (exact) mass is 335 g/mol. The number of benzene rings is 1. The molecule has 0 unspecified atom stereocenters. The van der Waals surface area contributed by atoms with E-state index in [9.17, 15) is 4.79 Å². The molecule has 3 rings (SSSR count). The maximum atomic E-state index is 13.1. The lowest BCUT2D eigenvalue weighted by Gasteiger charge is -2.26. The van der Waals surface area contributed by atoms with Crippen molar-refractivity contribution in [2.75, 3.05) is 7.11 Å². The lowest BCUT2D eigenvalue weighted by Crippen LogP contribution is -2.37. The summed E-state index contributed by atoms with van der Waals surface area (Å²) in [5, 5.41) is 1.83. The van der Waals surface area contributed by atoms with Gasteiger partial charge in [0.2, 0.25) is 5.88 Å². The Kier molecular flexibility index (Phi) is 4.93. The highest BCUT2D eigenvalue weighted by Crippen LogP contribution is 2.25. The molecule has 5 nitrogen and oxygen atoms in total. The van der Waals surface area contributed by atoms with Crippen LogP contribution in [0.3, 0.4) is 0 Å². The number of carbonyl (C=O) groups is 1. The first-order valence-electron chi connectivity index (χ1n) is 8.24. The van der Waals surface area contributed by atoms with Crippen LogP contribution in [0, 0.1) is 0 Å². The van der Waals surface area contributed by atoms with Crippen molar-refractivity contribution < 1.29 is 9.53 Å². The Morgan fingerprint density at radius 1 is 1.20 bits per heavy atom. The summed E-state index contributed by atoms with van der Waals surface area (Å²) in [5.41, 5.74) is 1.37. The Balaban J connectivity index is 1.98. The van der Waals surface area contributed by atoms with Gasteiger partial charge in [-0.25, -0.2) is 4.98 Å². The van der Waals surface area contributed by atoms with Crippen LogP contribution in [-0.4, -0.2) is 33.9 Å². The van der Waals surface area contributed by atoms with E-state index < -0.39 is 0 Å². The van der Waals surface area contributed by atoms with Crippen LogP contribution in [0.15, 0.2) is 54.9 Å². The molecule has 0 radical (unpaired) electrons. The summed E-state index contributed by atoms with van der Waals surface area (Å²) < 4.78 is 5.38. The van der Waals surface area contributed by atoms with E-state index in [1.165, 1.54) is 0 Å². The molecule has 0 saturated heterocycles. The van der Waals surface area contributed by atoms with Crippen molar-refractivity contribution in [2.45, 2.75) is 26.4 Å². The quantitative estimate of drug-likeness (QED) is 0.713. The van der Waals surface area contributed by atoms with Gasteiger partial charge in [0, 0.05) is 30.4 Å². The van der Waals surface area contributed by atoms with Gasteiger partial charge in [-0.2, -0.15) is 0 Å². The van der Waals surface area contributed by atoms with Gasteiger partial charge in [-0.05, 0) is 43.0 Å². The van der Waals surface area contributed by atoms with Crippen molar-refractivity contribution >= 4 is 16.7 Å². The van der Waals surface area contributed by atoms with E-state index in [1.54, 1.807) is 24.4 Å². The fourth-order valence-electron chi connectivity index (χ4n) is 2.76. The summed E-state index contributed by atoms with van der Waals surface area (Å²) in [6.45, 7) is 4.47. The minimum absolute atomic E-state index is 0.0342. The molecule has 128 valence electrons. The fraction of sp³-hybridized carbons (Fsp3) is 0.250. The normalized spacial score (nSPS) is 10.9. The van der Waals surface area contributed by atoms with Crippen LogP contribution in [0.1, 0.15) is 29.9 Å². The summed E-state index contributed by atoms with van der Waals surface area (Å²) in [6, 6.07) is 13.4. The molecule has 2 aromatic heterocycles. The Bertz CT molecular complexity index is 879. The van der Waals surface area contributed by atoms with Crippen molar-refractivity contribution in [1.29, 1.82) is 0 Å². The van der Waals surface area contributed by atoms with Crippen molar-refractivity contribution in [2.24, 2.45) is 0 Å². The largest absolute Gasteiger partial charge is 0.481 e. The second-order valence-corrected chi connectivity index (χ2v) is 6.13. The highest BCUT2D eigenvalue weighted by molar-refractivity contribution is 5.98. The summed E-state index contributed by atoms with van der Waals surface area (Å²) in [6.07, 6.45) is 3.50. The third-order valence-corrected chi connectivity index (χ3v) is 4.08. The number of rotatable bonds is 5. The van der Waals surface area contributed by atoms with Crippen LogP contribution in [-0.2, 0) is 6.54 Å². The minimum atomic E-state index is -0.122. The van der Waals surface area contributed by atoms with Gasteiger partial charge in [0.15, 0.2) is 0 Å². The van der Waals surface area contributed by atoms with E-state index in [0.717, 1.165) is 16.3 Å². The van der Waals surface area contributed by atoms with Crippen molar-refractivity contribution in [3.8, 4) is 5.88 Å². The Hall–Kier alpha value is -2.95. The van der Waals surface area contributed by atoms with Crippen molar-refractivity contribution in [3.63, 3.8) is 0 Å². The van der Waals surface area contributed by atoms with E-state index in [2.05, 4.69) is 9.97 Å². The number of methoxy groups -OCH3 is 1. The van der Waals surface area contributed by atoms with E-state index in [-0.39, 0.29) is 11.9 Å². The van der Waals surface area contributed by atoms with Crippen LogP contribution < -0.4 is 4.74 Å². The average Bonchev–Trinajstić information content (AvgIpc) is 2.65. The predicted molar refractivity (Wildman–Crippen MR) is 97.5 cm³/mol. The molecule has 1 aromatic carbocycles. The molecule has 1 amide bonds. The maximum absolute atomic E-state index is 13.1. The number of pyridine rings is 2. The molecule has 5 heteroatoms. The van der Waals surface area contributed by atoms with Gasteiger partial charge in [0.25, 0.3) is 5.91 Å². The van der Waals surface area contributed by atoms with Gasteiger partial charge in [0.1, 0.15) is 5.69 Å². The summed E-state index contributed by atoms with van der Waals surface area (Å²) in [7, 11) is 1.57. The Morgan fingerprint density at radius 3 is 2.68 bits per heavy atom. The average molecular weight is 335 g/mol. The Labute approximate surface area is 147 Å². The highest BCUT2D eigenvalue weighted by atomic mass is 16.5. The van der Waals surface area contributed by atoms with Gasteiger partial charge in [0.05, 0.1) is 7.11 Å². The van der Waals surface area contributed by atoms with Crippen molar-refractivity contribution in [1.82, 2.24) is 14.9 Å². The van der Waals surface area contributed by atoms with Gasteiger partial charge < -0.3 is 9.64 Å². The van der Waals surface area contributed by atoms with Gasteiger partial charge in [-0.15, -0.1) is 0 Å². The van der Waals surface area contributed by atoms with Gasteiger partial charge >= 0.3 is 0 Å². The summed E-state index contributed by atoms with van der Waals surface area (Å²) >= 11 is 0. The lowest BCUT2D eigenvalue weighted by molar-refractivity contribution is 0.0683. The second-order valence-electron chi connectivity index (χ2n) is 6.13. The molecule has 0 aliphatic rings. The molecular weight excluding hydrogens is 314 g/mol. The number of carbonyl (C=O) groups excluding carboxylic acids is 1. The number of aromatic nitrogens is 2. The topological polar surface area (TPSA) is 55.3 Å². The van der Waals surface area contributed by atoms with Crippen LogP contribution in [0.4, 0.5) is 0 Å². The van der Waals surface area contributed by atoms with Gasteiger partial charge in [-0.3, -0.25) is 9.78 Å². The highest BCUT2D eigenvalue weighted by Gasteiger charge is 2.22. The van der Waals surface area contributed by atoms with E-state index in [4.69, 9.17) is 4.74 Å². The molecule has 0 N–H and O–H groups in total.